The van der Waals surface area contributed by atoms with Crippen LogP contribution in [-0.4, -0.2) is 22.7 Å². The van der Waals surface area contributed by atoms with Crippen LogP contribution >= 0.6 is 23.4 Å². The van der Waals surface area contributed by atoms with E-state index in [2.05, 4.69) is 10.3 Å². The number of nitro groups is 1. The Morgan fingerprint density at radius 1 is 1.71 bits per heavy atom. The van der Waals surface area contributed by atoms with E-state index in [4.69, 9.17) is 11.6 Å². The van der Waals surface area contributed by atoms with E-state index in [-0.39, 0.29) is 0 Å². The lowest BCUT2D eigenvalue weighted by molar-refractivity contribution is -0.403. The van der Waals surface area contributed by atoms with Crippen molar-refractivity contribution in [1.82, 2.24) is 10.3 Å². The fourth-order valence-corrected chi connectivity index (χ4v) is 1.70. The van der Waals surface area contributed by atoms with E-state index in [0.717, 1.165) is 18.2 Å². The van der Waals surface area contributed by atoms with Gasteiger partial charge in [-0.3, -0.25) is 10.1 Å². The maximum Gasteiger partial charge on any atom is 0.263 e. The highest BCUT2D eigenvalue weighted by molar-refractivity contribution is 8.02. The van der Waals surface area contributed by atoms with E-state index in [1.54, 1.807) is 18.5 Å². The highest BCUT2D eigenvalue weighted by Crippen LogP contribution is 2.08. The van der Waals surface area contributed by atoms with Crippen LogP contribution in [0.15, 0.2) is 29.6 Å². The van der Waals surface area contributed by atoms with Crippen LogP contribution in [-0.2, 0) is 6.42 Å². The highest BCUT2D eigenvalue weighted by Gasteiger charge is 2.01. The van der Waals surface area contributed by atoms with Gasteiger partial charge in [0.25, 0.3) is 6.20 Å². The maximum atomic E-state index is 10.3. The minimum Gasteiger partial charge on any atom is -0.374 e. The Morgan fingerprint density at radius 2 is 2.47 bits per heavy atom. The lowest BCUT2D eigenvalue weighted by Crippen LogP contribution is -2.15. The second-order valence-electron chi connectivity index (χ2n) is 3.15. The first-order valence-corrected chi connectivity index (χ1v) is 6.45. The number of nitrogens with zero attached hydrogens (tertiary/aromatic N) is 2. The number of aromatic nitrogens is 1. The zero-order valence-corrected chi connectivity index (χ0v) is 10.8. The van der Waals surface area contributed by atoms with Crippen LogP contribution in [0.25, 0.3) is 0 Å². The van der Waals surface area contributed by atoms with Gasteiger partial charge in [0.1, 0.15) is 10.2 Å². The van der Waals surface area contributed by atoms with Gasteiger partial charge in [-0.05, 0) is 24.3 Å². The molecule has 1 rings (SSSR count). The van der Waals surface area contributed by atoms with Crippen LogP contribution in [0.2, 0.25) is 5.15 Å². The Bertz CT molecular complexity index is 409. The summed E-state index contributed by atoms with van der Waals surface area (Å²) < 4.78 is 0. The molecule has 1 N–H and O–H groups in total. The lowest BCUT2D eigenvalue weighted by Gasteiger charge is -2.05. The normalized spacial score (nSPS) is 11.3. The molecular formula is C10H12ClN3O2S. The fraction of sp³-hybridized carbons (Fsp3) is 0.300. The van der Waals surface area contributed by atoms with Gasteiger partial charge >= 0.3 is 0 Å². The van der Waals surface area contributed by atoms with Gasteiger partial charge in [0.2, 0.25) is 0 Å². The molecule has 0 unspecified atom stereocenters. The van der Waals surface area contributed by atoms with E-state index in [1.165, 1.54) is 11.8 Å². The van der Waals surface area contributed by atoms with Gasteiger partial charge in [0.15, 0.2) is 0 Å². The summed E-state index contributed by atoms with van der Waals surface area (Å²) in [7, 11) is 0. The smallest absolute Gasteiger partial charge is 0.263 e. The van der Waals surface area contributed by atoms with Gasteiger partial charge in [-0.25, -0.2) is 4.98 Å². The third-order valence-electron chi connectivity index (χ3n) is 1.94. The zero-order valence-electron chi connectivity index (χ0n) is 9.22. The summed E-state index contributed by atoms with van der Waals surface area (Å²) in [5, 5.41) is 14.3. The van der Waals surface area contributed by atoms with Gasteiger partial charge < -0.3 is 5.32 Å². The van der Waals surface area contributed by atoms with E-state index in [1.807, 2.05) is 6.07 Å². The van der Waals surface area contributed by atoms with E-state index >= 15 is 0 Å². The average Bonchev–Trinajstić information content (AvgIpc) is 2.30. The molecule has 0 radical (unpaired) electrons. The molecule has 1 aromatic heterocycles. The SMILES string of the molecule is CS/C(=C\[N+](=O)[O-])NCCc1ccc(Cl)nc1. The molecule has 0 saturated carbocycles. The van der Waals surface area contributed by atoms with Crippen molar-refractivity contribution in [3.8, 4) is 0 Å². The van der Waals surface area contributed by atoms with Crippen LogP contribution in [0, 0.1) is 10.1 Å². The molecule has 0 amide bonds. The van der Waals surface area contributed by atoms with Crippen LogP contribution in [0.4, 0.5) is 0 Å². The third kappa shape index (κ3) is 5.55. The molecule has 5 nitrogen and oxygen atoms in total. The molecular weight excluding hydrogens is 262 g/mol. The van der Waals surface area contributed by atoms with E-state index in [9.17, 15) is 10.1 Å². The van der Waals surface area contributed by atoms with Crippen molar-refractivity contribution in [2.24, 2.45) is 0 Å². The molecule has 0 aliphatic carbocycles. The Balaban J connectivity index is 2.41. The van der Waals surface area contributed by atoms with Crippen molar-refractivity contribution in [3.63, 3.8) is 0 Å². The minimum atomic E-state index is -0.470. The van der Waals surface area contributed by atoms with Gasteiger partial charge in [0, 0.05) is 12.7 Å². The second kappa shape index (κ2) is 7.13. The first-order valence-electron chi connectivity index (χ1n) is 4.85. The largest absolute Gasteiger partial charge is 0.374 e. The number of nitrogens with one attached hydrogen (secondary N) is 1. The number of hydrogen-bond donors (Lipinski definition) is 1. The quantitative estimate of drug-likeness (QED) is 0.489. The van der Waals surface area contributed by atoms with Gasteiger partial charge in [0.05, 0.1) is 4.92 Å². The minimum absolute atomic E-state index is 0.458. The highest BCUT2D eigenvalue weighted by atomic mass is 35.5. The number of thioether (sulfide) groups is 1. The predicted molar refractivity (Wildman–Crippen MR) is 69.5 cm³/mol. The topological polar surface area (TPSA) is 68.1 Å². The van der Waals surface area contributed by atoms with Crippen LogP contribution < -0.4 is 5.32 Å². The van der Waals surface area contributed by atoms with E-state index in [0.29, 0.717) is 16.7 Å². The van der Waals surface area contributed by atoms with Crippen molar-refractivity contribution < 1.29 is 4.92 Å². The number of halogens is 1. The molecule has 0 aromatic carbocycles. The molecule has 7 heteroatoms. The Labute approximate surface area is 108 Å². The standard InChI is InChI=1S/C10H12ClN3O2S/c1-17-10(7-14(15)16)12-5-4-8-2-3-9(11)13-6-8/h2-3,6-7,12H,4-5H2,1H3/b10-7-. The molecule has 0 saturated heterocycles. The lowest BCUT2D eigenvalue weighted by atomic mass is 10.2. The van der Waals surface area contributed by atoms with Crippen molar-refractivity contribution in [2.75, 3.05) is 12.8 Å². The third-order valence-corrected chi connectivity index (χ3v) is 2.86. The Kier molecular flexibility index (Phi) is 5.79. The van der Waals surface area contributed by atoms with Crippen LogP contribution in [0.3, 0.4) is 0 Å². The summed E-state index contributed by atoms with van der Waals surface area (Å²) in [6.07, 6.45) is 5.18. The number of rotatable bonds is 6. The summed E-state index contributed by atoms with van der Waals surface area (Å²) in [6, 6.07) is 3.60. The Morgan fingerprint density at radius 3 is 3.00 bits per heavy atom. The summed E-state index contributed by atoms with van der Waals surface area (Å²) in [6.45, 7) is 0.615. The molecule has 0 atom stereocenters. The van der Waals surface area contributed by atoms with E-state index < -0.39 is 4.92 Å². The number of pyridine rings is 1. The molecule has 17 heavy (non-hydrogen) atoms. The first kappa shape index (κ1) is 13.8. The maximum absolute atomic E-state index is 10.3. The molecule has 0 spiro atoms. The predicted octanol–water partition coefficient (Wildman–Crippen LogP) is 2.31. The van der Waals surface area contributed by atoms with Crippen molar-refractivity contribution >= 4 is 23.4 Å². The van der Waals surface area contributed by atoms with Crippen LogP contribution in [0.5, 0.6) is 0 Å². The van der Waals surface area contributed by atoms with Gasteiger partial charge in [-0.15, -0.1) is 11.8 Å². The summed E-state index contributed by atoms with van der Waals surface area (Å²) in [4.78, 5) is 13.8. The monoisotopic (exact) mass is 273 g/mol. The van der Waals surface area contributed by atoms with Crippen molar-refractivity contribution in [1.29, 1.82) is 0 Å². The Hall–Kier alpha value is -1.27. The summed E-state index contributed by atoms with van der Waals surface area (Å²) >= 11 is 6.97. The van der Waals surface area contributed by atoms with Gasteiger partial charge in [-0.1, -0.05) is 17.7 Å². The first-order chi connectivity index (χ1) is 8.11. The van der Waals surface area contributed by atoms with Gasteiger partial charge in [-0.2, -0.15) is 0 Å². The molecule has 92 valence electrons. The molecule has 0 fully saturated rings. The molecule has 0 aliphatic heterocycles. The second-order valence-corrected chi connectivity index (χ2v) is 4.38. The number of hydrogen-bond acceptors (Lipinski definition) is 5. The molecule has 1 aromatic rings. The van der Waals surface area contributed by atoms with Crippen LogP contribution in [0.1, 0.15) is 5.56 Å². The zero-order chi connectivity index (χ0) is 12.7. The molecule has 1 heterocycles. The summed E-state index contributed by atoms with van der Waals surface area (Å²) in [5.41, 5.74) is 1.03. The molecule has 0 bridgehead atoms. The average molecular weight is 274 g/mol. The van der Waals surface area contributed by atoms with Crippen molar-refractivity contribution in [2.45, 2.75) is 6.42 Å². The molecule has 0 aliphatic rings. The summed E-state index contributed by atoms with van der Waals surface area (Å²) in [5.74, 6) is 0. The van der Waals surface area contributed by atoms with Crippen molar-refractivity contribution in [3.05, 3.63) is 50.4 Å². The fourth-order valence-electron chi connectivity index (χ4n) is 1.15.